The van der Waals surface area contributed by atoms with Crippen LogP contribution in [-0.2, 0) is 5.88 Å². The fourth-order valence-corrected chi connectivity index (χ4v) is 2.97. The first-order valence-electron chi connectivity index (χ1n) is 9.39. The number of nitrogens with zero attached hydrogens (tertiary/aromatic N) is 5. The predicted molar refractivity (Wildman–Crippen MR) is 120 cm³/mol. The van der Waals surface area contributed by atoms with Crippen molar-refractivity contribution < 1.29 is 0 Å². The van der Waals surface area contributed by atoms with Crippen molar-refractivity contribution in [2.45, 2.75) is 12.8 Å². The summed E-state index contributed by atoms with van der Waals surface area (Å²) in [5, 5.41) is 11.9. The van der Waals surface area contributed by atoms with E-state index in [1.54, 1.807) is 18.6 Å². The highest BCUT2D eigenvalue weighted by molar-refractivity contribution is 6.17. The van der Waals surface area contributed by atoms with Crippen molar-refractivity contribution in [2.24, 2.45) is 10.2 Å². The molecular formula is C23H19ClN6. The van der Waals surface area contributed by atoms with Gasteiger partial charge >= 0.3 is 0 Å². The van der Waals surface area contributed by atoms with E-state index in [0.717, 1.165) is 39.4 Å². The van der Waals surface area contributed by atoms with Crippen LogP contribution < -0.4 is 5.32 Å². The van der Waals surface area contributed by atoms with Crippen LogP contribution >= 0.6 is 11.6 Å². The van der Waals surface area contributed by atoms with Gasteiger partial charge in [-0.05, 0) is 60.5 Å². The molecule has 2 heterocycles. The standard InChI is InChI=1S/C23H19ClN6/c1-16-4-7-20(30-29-19-8-5-17(14-24)6-9-19)13-22(16)28-23-26-12-10-21(27-23)18-3-2-11-25-15-18/h2-13,15H,14H2,1H3,(H,26,27,28). The molecule has 1 N–H and O–H groups in total. The molecule has 148 valence electrons. The number of rotatable bonds is 6. The van der Waals surface area contributed by atoms with Gasteiger partial charge in [-0.3, -0.25) is 4.98 Å². The van der Waals surface area contributed by atoms with Crippen LogP contribution in [0, 0.1) is 6.92 Å². The molecule has 6 nitrogen and oxygen atoms in total. The van der Waals surface area contributed by atoms with E-state index in [1.165, 1.54) is 0 Å². The van der Waals surface area contributed by atoms with E-state index in [0.29, 0.717) is 11.8 Å². The number of alkyl halides is 1. The molecule has 0 saturated heterocycles. The Morgan fingerprint density at radius 3 is 2.50 bits per heavy atom. The van der Waals surface area contributed by atoms with Gasteiger partial charge in [0.2, 0.25) is 5.95 Å². The number of anilines is 2. The van der Waals surface area contributed by atoms with Crippen LogP contribution in [0.25, 0.3) is 11.3 Å². The van der Waals surface area contributed by atoms with Crippen LogP contribution in [0.2, 0.25) is 0 Å². The quantitative estimate of drug-likeness (QED) is 0.280. The first-order valence-corrected chi connectivity index (χ1v) is 9.92. The lowest BCUT2D eigenvalue weighted by atomic mass is 10.2. The van der Waals surface area contributed by atoms with Gasteiger partial charge in [0.25, 0.3) is 0 Å². The van der Waals surface area contributed by atoms with E-state index >= 15 is 0 Å². The number of azo groups is 1. The van der Waals surface area contributed by atoms with Crippen molar-refractivity contribution >= 4 is 34.6 Å². The number of hydrogen-bond donors (Lipinski definition) is 1. The summed E-state index contributed by atoms with van der Waals surface area (Å²) in [6, 6.07) is 19.2. The lowest BCUT2D eigenvalue weighted by Gasteiger charge is -2.09. The number of aromatic nitrogens is 3. The van der Waals surface area contributed by atoms with Gasteiger partial charge in [0.15, 0.2) is 0 Å². The third-order valence-corrected chi connectivity index (χ3v) is 4.76. The highest BCUT2D eigenvalue weighted by Gasteiger charge is 2.06. The van der Waals surface area contributed by atoms with Gasteiger partial charge < -0.3 is 5.32 Å². The maximum atomic E-state index is 5.82. The monoisotopic (exact) mass is 414 g/mol. The summed E-state index contributed by atoms with van der Waals surface area (Å²) in [6.45, 7) is 2.01. The van der Waals surface area contributed by atoms with Crippen molar-refractivity contribution in [1.29, 1.82) is 0 Å². The van der Waals surface area contributed by atoms with Crippen LogP contribution in [0.1, 0.15) is 11.1 Å². The third kappa shape index (κ3) is 4.85. The van der Waals surface area contributed by atoms with E-state index in [9.17, 15) is 0 Å². The Balaban J connectivity index is 1.54. The first-order chi connectivity index (χ1) is 14.7. The molecule has 0 bridgehead atoms. The van der Waals surface area contributed by atoms with Crippen molar-refractivity contribution in [2.75, 3.05) is 5.32 Å². The van der Waals surface area contributed by atoms with Gasteiger partial charge in [0.05, 0.1) is 17.1 Å². The minimum atomic E-state index is 0.481. The fraction of sp³-hybridized carbons (Fsp3) is 0.0870. The van der Waals surface area contributed by atoms with Crippen LogP contribution in [0.3, 0.4) is 0 Å². The van der Waals surface area contributed by atoms with E-state index in [-0.39, 0.29) is 0 Å². The number of hydrogen-bond acceptors (Lipinski definition) is 6. The fourth-order valence-electron chi connectivity index (χ4n) is 2.79. The van der Waals surface area contributed by atoms with Gasteiger partial charge in [-0.2, -0.15) is 10.2 Å². The summed E-state index contributed by atoms with van der Waals surface area (Å²) in [6.07, 6.45) is 5.23. The molecule has 4 aromatic rings. The van der Waals surface area contributed by atoms with Gasteiger partial charge in [0, 0.05) is 35.7 Å². The van der Waals surface area contributed by atoms with Crippen molar-refractivity contribution in [3.8, 4) is 11.3 Å². The Hall–Kier alpha value is -3.64. The SMILES string of the molecule is Cc1ccc(N=Nc2ccc(CCl)cc2)cc1Nc1nccc(-c2cccnc2)n1. The Bertz CT molecular complexity index is 1160. The number of nitrogens with one attached hydrogen (secondary N) is 1. The number of pyridine rings is 1. The van der Waals surface area contributed by atoms with E-state index in [1.807, 2.05) is 67.6 Å². The molecule has 2 aromatic carbocycles. The minimum absolute atomic E-state index is 0.481. The zero-order valence-corrected chi connectivity index (χ0v) is 17.1. The molecule has 7 heteroatoms. The number of aryl methyl sites for hydroxylation is 1. The van der Waals surface area contributed by atoms with Crippen molar-refractivity contribution in [3.63, 3.8) is 0 Å². The molecule has 0 fully saturated rings. The average molecular weight is 415 g/mol. The summed E-state index contributed by atoms with van der Waals surface area (Å²) in [5.74, 6) is 0.985. The first kappa shape index (κ1) is 19.7. The van der Waals surface area contributed by atoms with E-state index in [4.69, 9.17) is 11.6 Å². The summed E-state index contributed by atoms with van der Waals surface area (Å²) in [5.41, 5.74) is 6.20. The zero-order chi connectivity index (χ0) is 20.8. The topological polar surface area (TPSA) is 75.4 Å². The summed E-state index contributed by atoms with van der Waals surface area (Å²) in [4.78, 5) is 13.1. The summed E-state index contributed by atoms with van der Waals surface area (Å²) < 4.78 is 0. The lowest BCUT2D eigenvalue weighted by molar-refractivity contribution is 1.16. The van der Waals surface area contributed by atoms with Crippen molar-refractivity contribution in [1.82, 2.24) is 15.0 Å². The molecule has 0 radical (unpaired) electrons. The molecule has 4 rings (SSSR count). The highest BCUT2D eigenvalue weighted by Crippen LogP contribution is 2.27. The second-order valence-corrected chi connectivity index (χ2v) is 6.90. The molecule has 0 atom stereocenters. The van der Waals surface area contributed by atoms with E-state index < -0.39 is 0 Å². The molecule has 0 saturated carbocycles. The maximum absolute atomic E-state index is 5.82. The second-order valence-electron chi connectivity index (χ2n) is 6.63. The average Bonchev–Trinajstić information content (AvgIpc) is 2.81. The molecule has 2 aromatic heterocycles. The van der Waals surface area contributed by atoms with Crippen LogP contribution in [0.5, 0.6) is 0 Å². The number of benzene rings is 2. The van der Waals surface area contributed by atoms with Crippen LogP contribution in [0.15, 0.2) is 89.5 Å². The zero-order valence-electron chi connectivity index (χ0n) is 16.3. The van der Waals surface area contributed by atoms with Gasteiger partial charge in [-0.1, -0.05) is 18.2 Å². The van der Waals surface area contributed by atoms with Gasteiger partial charge in [0.1, 0.15) is 0 Å². The lowest BCUT2D eigenvalue weighted by Crippen LogP contribution is -1.99. The van der Waals surface area contributed by atoms with Crippen LogP contribution in [-0.4, -0.2) is 15.0 Å². The largest absolute Gasteiger partial charge is 0.324 e. The Morgan fingerprint density at radius 1 is 0.933 bits per heavy atom. The predicted octanol–water partition coefficient (Wildman–Crippen LogP) is 6.74. The molecule has 0 aliphatic carbocycles. The molecule has 0 spiro atoms. The van der Waals surface area contributed by atoms with Crippen LogP contribution in [0.4, 0.5) is 23.0 Å². The molecule has 0 unspecified atom stereocenters. The third-order valence-electron chi connectivity index (χ3n) is 4.45. The van der Waals surface area contributed by atoms with E-state index in [2.05, 4.69) is 30.5 Å². The maximum Gasteiger partial charge on any atom is 0.227 e. The van der Waals surface area contributed by atoms with Gasteiger partial charge in [-0.25, -0.2) is 9.97 Å². The minimum Gasteiger partial charge on any atom is -0.324 e. The molecule has 0 amide bonds. The van der Waals surface area contributed by atoms with Gasteiger partial charge in [-0.15, -0.1) is 11.6 Å². The molecule has 0 aliphatic rings. The second kappa shape index (κ2) is 9.24. The Labute approximate surface area is 179 Å². The number of halogens is 1. The molecule has 0 aliphatic heterocycles. The Morgan fingerprint density at radius 2 is 1.73 bits per heavy atom. The smallest absolute Gasteiger partial charge is 0.227 e. The normalized spacial score (nSPS) is 11.0. The summed E-state index contributed by atoms with van der Waals surface area (Å²) >= 11 is 5.82. The molecular weight excluding hydrogens is 396 g/mol. The van der Waals surface area contributed by atoms with Crippen molar-refractivity contribution in [3.05, 3.63) is 90.4 Å². The highest BCUT2D eigenvalue weighted by atomic mass is 35.5. The summed E-state index contributed by atoms with van der Waals surface area (Å²) in [7, 11) is 0. The Kier molecular flexibility index (Phi) is 6.06. The molecule has 30 heavy (non-hydrogen) atoms.